The molecule has 34 heavy (non-hydrogen) atoms. The molecular weight excluding hydrogens is 444 g/mol. The van der Waals surface area contributed by atoms with E-state index >= 15 is 0 Å². The van der Waals surface area contributed by atoms with Gasteiger partial charge in [-0.25, -0.2) is 0 Å². The van der Waals surface area contributed by atoms with Crippen molar-refractivity contribution in [1.29, 1.82) is 0 Å². The molecule has 4 aromatic rings. The maximum atomic E-state index is 13.7. The van der Waals surface area contributed by atoms with Crippen LogP contribution < -0.4 is 9.47 Å². The minimum atomic E-state index is 0.00287. The van der Waals surface area contributed by atoms with E-state index in [2.05, 4.69) is 9.88 Å². The van der Waals surface area contributed by atoms with Crippen LogP contribution in [0.25, 0.3) is 20.5 Å². The van der Waals surface area contributed by atoms with E-state index in [1.165, 1.54) is 19.3 Å². The van der Waals surface area contributed by atoms with Crippen molar-refractivity contribution in [3.8, 4) is 21.9 Å². The zero-order chi connectivity index (χ0) is 23.3. The van der Waals surface area contributed by atoms with Crippen LogP contribution in [0.2, 0.25) is 0 Å². The van der Waals surface area contributed by atoms with Gasteiger partial charge in [-0.2, -0.15) is 0 Å². The summed E-state index contributed by atoms with van der Waals surface area (Å²) in [5.74, 6) is 1.58. The zero-order valence-corrected chi connectivity index (χ0v) is 20.1. The lowest BCUT2D eigenvalue weighted by Gasteiger charge is -2.26. The maximum absolute atomic E-state index is 13.7. The number of fused-ring (bicyclic) bond motifs is 1. The second-order valence-electron chi connectivity index (χ2n) is 8.51. The lowest BCUT2D eigenvalue weighted by atomic mass is 9.98. The Morgan fingerprint density at radius 2 is 1.71 bits per heavy atom. The first kappa shape index (κ1) is 22.6. The number of benzene rings is 2. The number of nitrogens with zero attached hydrogens (tertiary/aromatic N) is 2. The number of carbonyl (C=O) groups excluding carboxylic acids is 1. The van der Waals surface area contributed by atoms with Crippen LogP contribution in [0.4, 0.5) is 0 Å². The Kier molecular flexibility index (Phi) is 6.88. The molecule has 0 aliphatic carbocycles. The summed E-state index contributed by atoms with van der Waals surface area (Å²) in [5, 5.41) is 0.935. The quantitative estimate of drug-likeness (QED) is 0.292. The Balaban J connectivity index is 1.39. The molecule has 0 spiro atoms. The maximum Gasteiger partial charge on any atom is 0.195 e. The van der Waals surface area contributed by atoms with E-state index < -0.39 is 0 Å². The first-order valence-electron chi connectivity index (χ1n) is 11.7. The van der Waals surface area contributed by atoms with Gasteiger partial charge in [-0.3, -0.25) is 14.7 Å². The molecule has 0 N–H and O–H groups in total. The van der Waals surface area contributed by atoms with Crippen molar-refractivity contribution < 1.29 is 14.3 Å². The Hall–Kier alpha value is -3.22. The van der Waals surface area contributed by atoms with Crippen LogP contribution in [0.1, 0.15) is 35.2 Å². The number of pyridine rings is 1. The number of rotatable bonds is 8. The number of piperidine rings is 1. The first-order chi connectivity index (χ1) is 16.7. The van der Waals surface area contributed by atoms with Crippen molar-refractivity contribution >= 4 is 27.2 Å². The third kappa shape index (κ3) is 4.83. The van der Waals surface area contributed by atoms with E-state index in [1.54, 1.807) is 30.8 Å². The van der Waals surface area contributed by atoms with Gasteiger partial charge in [0.25, 0.3) is 0 Å². The van der Waals surface area contributed by atoms with Crippen molar-refractivity contribution in [2.45, 2.75) is 19.3 Å². The molecular formula is C28H28N2O3S. The summed E-state index contributed by atoms with van der Waals surface area (Å²) in [4.78, 5) is 21.2. The molecule has 0 bridgehead atoms. The first-order valence-corrected chi connectivity index (χ1v) is 12.6. The van der Waals surface area contributed by atoms with Crippen LogP contribution in [0.5, 0.6) is 11.5 Å². The minimum absolute atomic E-state index is 0.00287. The highest BCUT2D eigenvalue weighted by molar-refractivity contribution is 7.22. The van der Waals surface area contributed by atoms with Crippen LogP contribution in [-0.2, 0) is 0 Å². The Morgan fingerprint density at radius 1 is 0.971 bits per heavy atom. The molecule has 6 heteroatoms. The van der Waals surface area contributed by atoms with Gasteiger partial charge in [0, 0.05) is 45.0 Å². The molecule has 1 fully saturated rings. The second-order valence-corrected chi connectivity index (χ2v) is 9.56. The highest BCUT2D eigenvalue weighted by Gasteiger charge is 2.22. The molecule has 0 radical (unpaired) electrons. The minimum Gasteiger partial charge on any atom is -0.497 e. The summed E-state index contributed by atoms with van der Waals surface area (Å²) in [5.41, 5.74) is 2.35. The highest BCUT2D eigenvalue weighted by Crippen LogP contribution is 2.41. The average molecular weight is 473 g/mol. The molecule has 0 amide bonds. The van der Waals surface area contributed by atoms with Gasteiger partial charge in [-0.05, 0) is 86.1 Å². The molecule has 2 aromatic heterocycles. The van der Waals surface area contributed by atoms with E-state index in [9.17, 15) is 4.79 Å². The zero-order valence-electron chi connectivity index (χ0n) is 19.3. The summed E-state index contributed by atoms with van der Waals surface area (Å²) < 4.78 is 12.4. The van der Waals surface area contributed by atoms with Gasteiger partial charge in [-0.1, -0.05) is 6.42 Å². The normalized spacial score (nSPS) is 14.3. The number of ketones is 1. The van der Waals surface area contributed by atoms with E-state index in [-0.39, 0.29) is 5.78 Å². The lowest BCUT2D eigenvalue weighted by Crippen LogP contribution is -2.33. The van der Waals surface area contributed by atoms with E-state index in [4.69, 9.17) is 9.47 Å². The monoisotopic (exact) mass is 472 g/mol. The van der Waals surface area contributed by atoms with Crippen LogP contribution >= 0.6 is 11.3 Å². The number of hydrogen-bond donors (Lipinski definition) is 0. The van der Waals surface area contributed by atoms with Crippen molar-refractivity contribution in [3.05, 3.63) is 78.1 Å². The largest absolute Gasteiger partial charge is 0.497 e. The van der Waals surface area contributed by atoms with E-state index in [0.717, 1.165) is 51.7 Å². The summed E-state index contributed by atoms with van der Waals surface area (Å²) in [6.07, 6.45) is 7.41. The fraction of sp³-hybridized carbons (Fsp3) is 0.286. The van der Waals surface area contributed by atoms with Crippen LogP contribution in [0, 0.1) is 0 Å². The molecule has 174 valence electrons. The van der Waals surface area contributed by atoms with Crippen molar-refractivity contribution in [2.75, 3.05) is 33.4 Å². The van der Waals surface area contributed by atoms with Gasteiger partial charge in [0.15, 0.2) is 5.78 Å². The molecule has 0 atom stereocenters. The predicted molar refractivity (Wildman–Crippen MR) is 137 cm³/mol. The molecule has 5 nitrogen and oxygen atoms in total. The summed E-state index contributed by atoms with van der Waals surface area (Å²) in [6.45, 7) is 3.94. The molecule has 3 heterocycles. The van der Waals surface area contributed by atoms with Crippen molar-refractivity contribution in [3.63, 3.8) is 0 Å². The van der Waals surface area contributed by atoms with Crippen molar-refractivity contribution in [1.82, 2.24) is 9.88 Å². The fourth-order valence-electron chi connectivity index (χ4n) is 4.46. The highest BCUT2D eigenvalue weighted by atomic mass is 32.1. The van der Waals surface area contributed by atoms with E-state index in [0.29, 0.717) is 17.7 Å². The molecule has 1 aliphatic heterocycles. The van der Waals surface area contributed by atoms with E-state index in [1.807, 2.05) is 54.6 Å². The number of carbonyl (C=O) groups is 1. The van der Waals surface area contributed by atoms with Gasteiger partial charge < -0.3 is 9.47 Å². The predicted octanol–water partition coefficient (Wildman–Crippen LogP) is 6.07. The van der Waals surface area contributed by atoms with Gasteiger partial charge in [-0.15, -0.1) is 11.3 Å². The number of methoxy groups -OCH3 is 1. The molecule has 2 aromatic carbocycles. The van der Waals surface area contributed by atoms with Crippen molar-refractivity contribution in [2.24, 2.45) is 0 Å². The molecule has 0 saturated carbocycles. The standard InChI is InChI=1S/C28H28N2O3S/c1-32-23-9-10-24-25(19-23)34-28(21-11-13-29-14-12-21)26(24)27(31)20-5-7-22(8-6-20)33-18-17-30-15-3-2-4-16-30/h5-14,19H,2-4,15-18H2,1H3. The summed E-state index contributed by atoms with van der Waals surface area (Å²) >= 11 is 1.60. The molecule has 1 aliphatic rings. The number of thiophene rings is 1. The number of hydrogen-bond acceptors (Lipinski definition) is 6. The molecule has 1 saturated heterocycles. The third-order valence-corrected chi connectivity index (χ3v) is 7.51. The van der Waals surface area contributed by atoms with Crippen LogP contribution in [0.15, 0.2) is 67.0 Å². The molecule has 5 rings (SSSR count). The molecule has 0 unspecified atom stereocenters. The van der Waals surface area contributed by atoms with Gasteiger partial charge in [0.2, 0.25) is 0 Å². The Morgan fingerprint density at radius 3 is 2.44 bits per heavy atom. The Labute approximate surface area is 204 Å². The lowest BCUT2D eigenvalue weighted by molar-refractivity contribution is 0.104. The average Bonchev–Trinajstić information content (AvgIpc) is 3.28. The second kappa shape index (κ2) is 10.4. The SMILES string of the molecule is COc1ccc2c(C(=O)c3ccc(OCCN4CCCCC4)cc3)c(-c3ccncc3)sc2c1. The summed E-state index contributed by atoms with van der Waals surface area (Å²) in [6, 6.07) is 17.3. The topological polar surface area (TPSA) is 51.7 Å². The number of likely N-dealkylation sites (tertiary alicyclic amines) is 1. The van der Waals surface area contributed by atoms with Gasteiger partial charge >= 0.3 is 0 Å². The number of aromatic nitrogens is 1. The van der Waals surface area contributed by atoms with Crippen LogP contribution in [-0.4, -0.2) is 49.0 Å². The number of ether oxygens (including phenoxy) is 2. The Bertz CT molecular complexity index is 1260. The fourth-order valence-corrected chi connectivity index (χ4v) is 5.69. The van der Waals surface area contributed by atoms with Gasteiger partial charge in [0.1, 0.15) is 18.1 Å². The smallest absolute Gasteiger partial charge is 0.195 e. The van der Waals surface area contributed by atoms with Crippen LogP contribution in [0.3, 0.4) is 0 Å². The summed E-state index contributed by atoms with van der Waals surface area (Å²) in [7, 11) is 1.65. The van der Waals surface area contributed by atoms with Gasteiger partial charge in [0.05, 0.1) is 7.11 Å². The third-order valence-electron chi connectivity index (χ3n) is 6.31.